The van der Waals surface area contributed by atoms with Gasteiger partial charge in [0.25, 0.3) is 0 Å². The third kappa shape index (κ3) is 4.50. The Balaban J connectivity index is 1.43. The van der Waals surface area contributed by atoms with Gasteiger partial charge in [-0.15, -0.1) is 0 Å². The highest BCUT2D eigenvalue weighted by atomic mass is 16.3. The van der Waals surface area contributed by atoms with Crippen LogP contribution in [0.4, 0.5) is 0 Å². The molecular weight excluding hydrogens is 348 g/mol. The quantitative estimate of drug-likeness (QED) is 0.689. The average Bonchev–Trinajstić information content (AvgIpc) is 3.20. The third-order valence-electron chi connectivity index (χ3n) is 5.52. The van der Waals surface area contributed by atoms with Gasteiger partial charge < -0.3 is 9.67 Å². The number of hydrogen-bond donors (Lipinski definition) is 1. The van der Waals surface area contributed by atoms with E-state index < -0.39 is 0 Å². The second-order valence-electron chi connectivity index (χ2n) is 7.44. The molecule has 2 aromatic heterocycles. The molecule has 0 radical (unpaired) electrons. The first-order chi connectivity index (χ1) is 13.8. The van der Waals surface area contributed by atoms with E-state index in [-0.39, 0.29) is 6.61 Å². The number of nitrogens with zero attached hydrogens (tertiary/aromatic N) is 4. The van der Waals surface area contributed by atoms with Gasteiger partial charge in [-0.2, -0.15) is 0 Å². The first-order valence-corrected chi connectivity index (χ1v) is 10.0. The topological polar surface area (TPSA) is 44.5 Å². The summed E-state index contributed by atoms with van der Waals surface area (Å²) in [7, 11) is 0. The normalized spacial score (nSPS) is 18.4. The maximum Gasteiger partial charge on any atom is 0.0636 e. The Morgan fingerprint density at radius 3 is 2.64 bits per heavy atom. The standard InChI is InChI=1S/C23H28N4O/c28-15-10-22-18-25(13-14-26(22)17-20-6-2-1-3-7-20)19-23-9-5-12-27(23)21-8-4-11-24-16-21/h1-9,11-12,16,22,28H,10,13-15,17-19H2. The average molecular weight is 377 g/mol. The number of aromatic nitrogens is 2. The van der Waals surface area contributed by atoms with Gasteiger partial charge in [0.05, 0.1) is 11.9 Å². The summed E-state index contributed by atoms with van der Waals surface area (Å²) in [4.78, 5) is 9.27. The molecule has 1 atom stereocenters. The van der Waals surface area contributed by atoms with Crippen molar-refractivity contribution >= 4 is 0 Å². The molecule has 1 aliphatic heterocycles. The Labute approximate surface area is 166 Å². The van der Waals surface area contributed by atoms with Crippen molar-refractivity contribution in [1.82, 2.24) is 19.4 Å². The molecule has 1 aromatic carbocycles. The van der Waals surface area contributed by atoms with Crippen molar-refractivity contribution in [2.45, 2.75) is 25.6 Å². The molecule has 28 heavy (non-hydrogen) atoms. The lowest BCUT2D eigenvalue weighted by molar-refractivity contribution is 0.0492. The number of aliphatic hydroxyl groups is 1. The molecule has 1 N–H and O–H groups in total. The maximum atomic E-state index is 9.58. The van der Waals surface area contributed by atoms with Gasteiger partial charge in [-0.3, -0.25) is 14.8 Å². The molecule has 0 saturated carbocycles. The van der Waals surface area contributed by atoms with Crippen molar-refractivity contribution in [3.8, 4) is 5.69 Å². The largest absolute Gasteiger partial charge is 0.396 e. The highest BCUT2D eigenvalue weighted by Gasteiger charge is 2.27. The van der Waals surface area contributed by atoms with E-state index in [1.165, 1.54) is 11.3 Å². The number of hydrogen-bond acceptors (Lipinski definition) is 4. The molecule has 1 aliphatic rings. The van der Waals surface area contributed by atoms with Crippen LogP contribution in [-0.2, 0) is 13.1 Å². The van der Waals surface area contributed by atoms with E-state index >= 15 is 0 Å². The molecule has 1 unspecified atom stereocenters. The molecule has 5 heteroatoms. The van der Waals surface area contributed by atoms with Crippen molar-refractivity contribution in [3.63, 3.8) is 0 Å². The van der Waals surface area contributed by atoms with E-state index in [9.17, 15) is 5.11 Å². The van der Waals surface area contributed by atoms with Crippen molar-refractivity contribution in [3.05, 3.63) is 84.4 Å². The van der Waals surface area contributed by atoms with Crippen molar-refractivity contribution in [2.75, 3.05) is 26.2 Å². The third-order valence-corrected chi connectivity index (χ3v) is 5.52. The van der Waals surface area contributed by atoms with Gasteiger partial charge in [0.2, 0.25) is 0 Å². The molecule has 3 aromatic rings. The fraction of sp³-hybridized carbons (Fsp3) is 0.348. The van der Waals surface area contributed by atoms with Crippen LogP contribution in [0, 0.1) is 0 Å². The van der Waals surface area contributed by atoms with E-state index in [1.54, 1.807) is 6.20 Å². The Kier molecular flexibility index (Phi) is 6.17. The summed E-state index contributed by atoms with van der Waals surface area (Å²) in [6, 6.07) is 19.3. The molecule has 3 heterocycles. The number of rotatable bonds is 7. The zero-order chi connectivity index (χ0) is 19.2. The zero-order valence-electron chi connectivity index (χ0n) is 16.2. The summed E-state index contributed by atoms with van der Waals surface area (Å²) in [5.74, 6) is 0. The van der Waals surface area contributed by atoms with Gasteiger partial charge in [0, 0.05) is 63.5 Å². The SMILES string of the molecule is OCCC1CN(Cc2cccn2-c2cccnc2)CCN1Cc1ccccc1. The summed E-state index contributed by atoms with van der Waals surface area (Å²) in [6.45, 7) is 5.12. The van der Waals surface area contributed by atoms with E-state index in [4.69, 9.17) is 0 Å². The van der Waals surface area contributed by atoms with Crippen molar-refractivity contribution in [1.29, 1.82) is 0 Å². The molecular formula is C23H28N4O. The Bertz CT molecular complexity index is 849. The van der Waals surface area contributed by atoms with Crippen LogP contribution in [0.5, 0.6) is 0 Å². The smallest absolute Gasteiger partial charge is 0.0636 e. The summed E-state index contributed by atoms with van der Waals surface area (Å²) in [6.07, 6.45) is 6.62. The summed E-state index contributed by atoms with van der Waals surface area (Å²) in [5.41, 5.74) is 3.70. The second-order valence-corrected chi connectivity index (χ2v) is 7.44. The maximum absolute atomic E-state index is 9.58. The molecule has 0 spiro atoms. The summed E-state index contributed by atoms with van der Waals surface area (Å²) in [5, 5.41) is 9.58. The van der Waals surface area contributed by atoms with Crippen LogP contribution in [0.15, 0.2) is 73.2 Å². The van der Waals surface area contributed by atoms with Crippen LogP contribution in [0.3, 0.4) is 0 Å². The molecule has 4 rings (SSSR count). The Hall–Kier alpha value is -2.47. The first-order valence-electron chi connectivity index (χ1n) is 10.0. The number of piperazine rings is 1. The Morgan fingerprint density at radius 1 is 0.964 bits per heavy atom. The minimum Gasteiger partial charge on any atom is -0.396 e. The summed E-state index contributed by atoms with van der Waals surface area (Å²) >= 11 is 0. The van der Waals surface area contributed by atoms with Gasteiger partial charge in [-0.25, -0.2) is 0 Å². The van der Waals surface area contributed by atoms with Crippen LogP contribution in [0.2, 0.25) is 0 Å². The van der Waals surface area contributed by atoms with E-state index in [0.717, 1.165) is 44.8 Å². The lowest BCUT2D eigenvalue weighted by atomic mass is 10.1. The van der Waals surface area contributed by atoms with E-state index in [1.807, 2.05) is 12.3 Å². The number of benzene rings is 1. The monoisotopic (exact) mass is 376 g/mol. The first kappa shape index (κ1) is 18.9. The van der Waals surface area contributed by atoms with Crippen LogP contribution in [0.25, 0.3) is 5.69 Å². The minimum absolute atomic E-state index is 0.232. The Morgan fingerprint density at radius 2 is 1.86 bits per heavy atom. The lowest BCUT2D eigenvalue weighted by Crippen LogP contribution is -2.52. The van der Waals surface area contributed by atoms with Gasteiger partial charge in [-0.1, -0.05) is 30.3 Å². The zero-order valence-corrected chi connectivity index (χ0v) is 16.2. The fourth-order valence-corrected chi connectivity index (χ4v) is 4.07. The molecule has 1 saturated heterocycles. The highest BCUT2D eigenvalue weighted by Crippen LogP contribution is 2.20. The number of aliphatic hydroxyl groups excluding tert-OH is 1. The number of pyridine rings is 1. The molecule has 1 fully saturated rings. The van der Waals surface area contributed by atoms with Gasteiger partial charge in [0.15, 0.2) is 0 Å². The van der Waals surface area contributed by atoms with E-state index in [2.05, 4.69) is 74.1 Å². The molecule has 0 bridgehead atoms. The minimum atomic E-state index is 0.232. The van der Waals surface area contributed by atoms with Crippen LogP contribution in [0.1, 0.15) is 17.7 Å². The van der Waals surface area contributed by atoms with Gasteiger partial charge in [0.1, 0.15) is 0 Å². The van der Waals surface area contributed by atoms with E-state index in [0.29, 0.717) is 6.04 Å². The van der Waals surface area contributed by atoms with Gasteiger partial charge >= 0.3 is 0 Å². The predicted molar refractivity (Wildman–Crippen MR) is 111 cm³/mol. The fourth-order valence-electron chi connectivity index (χ4n) is 4.07. The molecule has 5 nitrogen and oxygen atoms in total. The summed E-state index contributed by atoms with van der Waals surface area (Å²) < 4.78 is 2.21. The molecule has 0 amide bonds. The van der Waals surface area contributed by atoms with Gasteiger partial charge in [-0.05, 0) is 36.2 Å². The predicted octanol–water partition coefficient (Wildman–Crippen LogP) is 2.94. The molecule has 146 valence electrons. The van der Waals surface area contributed by atoms with Crippen molar-refractivity contribution < 1.29 is 5.11 Å². The lowest BCUT2D eigenvalue weighted by Gasteiger charge is -2.41. The van der Waals surface area contributed by atoms with Crippen LogP contribution >= 0.6 is 0 Å². The van der Waals surface area contributed by atoms with Crippen LogP contribution in [-0.4, -0.2) is 56.7 Å². The highest BCUT2D eigenvalue weighted by molar-refractivity contribution is 5.32. The van der Waals surface area contributed by atoms with Crippen LogP contribution < -0.4 is 0 Å². The second kappa shape index (κ2) is 9.15. The van der Waals surface area contributed by atoms with Crippen molar-refractivity contribution in [2.24, 2.45) is 0 Å². The molecule has 0 aliphatic carbocycles.